The molecule has 48 heavy (non-hydrogen) atoms. The van der Waals surface area contributed by atoms with E-state index in [1.807, 2.05) is 0 Å². The Hall–Kier alpha value is -4.81. The predicted octanol–water partition coefficient (Wildman–Crippen LogP) is -2.62. The quantitative estimate of drug-likeness (QED) is 0.0678. The van der Waals surface area contributed by atoms with Crippen molar-refractivity contribution in [1.29, 1.82) is 0 Å². The lowest BCUT2D eigenvalue weighted by Gasteiger charge is -2.24. The maximum Gasteiger partial charge on any atom is 0.327 e. The molecule has 0 unspecified atom stereocenters. The molecule has 0 bridgehead atoms. The summed E-state index contributed by atoms with van der Waals surface area (Å²) in [6, 6.07) is 8.08. The number of nitrogens with two attached hydrogens (primary N) is 2. The van der Waals surface area contributed by atoms with Crippen LogP contribution in [0, 0.1) is 0 Å². The van der Waals surface area contributed by atoms with Gasteiger partial charge < -0.3 is 48.3 Å². The lowest BCUT2D eigenvalue weighted by atomic mass is 10.0. The van der Waals surface area contributed by atoms with Gasteiger partial charge in [0, 0.05) is 24.3 Å². The monoisotopic (exact) mass is 705 g/mol. The number of phenolic OH excluding ortho intramolecular Hbond substituents is 1. The Bertz CT molecular complexity index is 1450. The number of primary amides is 1. The van der Waals surface area contributed by atoms with Crippen molar-refractivity contribution in [1.82, 2.24) is 26.6 Å². The van der Waals surface area contributed by atoms with Crippen LogP contribution >= 0.6 is 25.3 Å². The topological polar surface area (TPSA) is 272 Å². The molecule has 2 rings (SSSR count). The molecule has 0 aliphatic rings. The summed E-state index contributed by atoms with van der Waals surface area (Å²) in [6.07, 6.45) is -0.719. The van der Waals surface area contributed by atoms with Crippen LogP contribution in [0.25, 0.3) is 0 Å². The Kier molecular flexibility index (Phi) is 16.2. The van der Waals surface area contributed by atoms with Gasteiger partial charge in [0.05, 0.1) is 19.0 Å². The molecule has 0 saturated carbocycles. The van der Waals surface area contributed by atoms with Gasteiger partial charge in [0.25, 0.3) is 0 Å². The molecular weight excluding hydrogens is 667 g/mol. The molecular formula is C30H39N7O9S2. The van der Waals surface area contributed by atoms with Crippen LogP contribution in [-0.4, -0.2) is 99.9 Å². The van der Waals surface area contributed by atoms with Gasteiger partial charge in [-0.2, -0.15) is 25.3 Å². The van der Waals surface area contributed by atoms with Crippen LogP contribution < -0.4 is 38.1 Å². The van der Waals surface area contributed by atoms with Crippen LogP contribution in [0.3, 0.4) is 0 Å². The highest BCUT2D eigenvalue weighted by Crippen LogP contribution is 2.12. The van der Waals surface area contributed by atoms with Gasteiger partial charge in [-0.15, -0.1) is 0 Å². The third-order valence-corrected chi connectivity index (χ3v) is 7.49. The van der Waals surface area contributed by atoms with E-state index in [1.54, 1.807) is 42.5 Å². The molecule has 16 nitrogen and oxygen atoms in total. The lowest BCUT2D eigenvalue weighted by molar-refractivity contribution is -0.141. The Morgan fingerprint density at radius 1 is 0.667 bits per heavy atom. The molecule has 0 aromatic heterocycles. The second kappa shape index (κ2) is 19.8. The number of phenols is 1. The van der Waals surface area contributed by atoms with Crippen molar-refractivity contribution >= 4 is 66.7 Å². The first-order valence-electron chi connectivity index (χ1n) is 14.5. The predicted molar refractivity (Wildman–Crippen MR) is 180 cm³/mol. The number of rotatable bonds is 19. The molecule has 0 saturated heterocycles. The van der Waals surface area contributed by atoms with Gasteiger partial charge >= 0.3 is 5.97 Å². The number of carboxylic acids is 1. The van der Waals surface area contributed by atoms with E-state index < -0.39 is 84.6 Å². The van der Waals surface area contributed by atoms with Crippen molar-refractivity contribution < 1.29 is 43.8 Å². The van der Waals surface area contributed by atoms with Gasteiger partial charge in [0.15, 0.2) is 0 Å². The normalized spacial score (nSPS) is 13.8. The summed E-state index contributed by atoms with van der Waals surface area (Å²) in [5, 5.41) is 30.7. The van der Waals surface area contributed by atoms with Crippen LogP contribution in [0.15, 0.2) is 54.6 Å². The molecule has 5 atom stereocenters. The second-order valence-electron chi connectivity index (χ2n) is 10.6. The van der Waals surface area contributed by atoms with E-state index in [4.69, 9.17) is 11.5 Å². The lowest BCUT2D eigenvalue weighted by Crippen LogP contribution is -2.58. The zero-order chi connectivity index (χ0) is 35.8. The number of carbonyl (C=O) groups is 7. The summed E-state index contributed by atoms with van der Waals surface area (Å²) >= 11 is 7.87. The fourth-order valence-corrected chi connectivity index (χ4v) is 4.59. The number of carbonyl (C=O) groups excluding carboxylic acids is 6. The molecule has 0 radical (unpaired) electrons. The molecule has 260 valence electrons. The summed E-state index contributed by atoms with van der Waals surface area (Å²) in [7, 11) is 0. The molecule has 0 heterocycles. The van der Waals surface area contributed by atoms with E-state index in [2.05, 4.69) is 51.8 Å². The van der Waals surface area contributed by atoms with E-state index in [0.717, 1.165) is 0 Å². The molecule has 2 aromatic rings. The zero-order valence-electron chi connectivity index (χ0n) is 25.6. The van der Waals surface area contributed by atoms with Crippen molar-refractivity contribution in [2.24, 2.45) is 11.5 Å². The van der Waals surface area contributed by atoms with Gasteiger partial charge in [0.1, 0.15) is 29.9 Å². The fourth-order valence-electron chi connectivity index (χ4n) is 4.17. The van der Waals surface area contributed by atoms with Crippen molar-refractivity contribution in [3.05, 3.63) is 65.7 Å². The Balaban J connectivity index is 2.22. The largest absolute Gasteiger partial charge is 0.508 e. The maximum absolute atomic E-state index is 13.6. The molecule has 11 N–H and O–H groups in total. The highest BCUT2D eigenvalue weighted by molar-refractivity contribution is 7.80. The van der Waals surface area contributed by atoms with Crippen LogP contribution in [0.5, 0.6) is 5.75 Å². The zero-order valence-corrected chi connectivity index (χ0v) is 27.4. The first kappa shape index (κ1) is 39.4. The van der Waals surface area contributed by atoms with E-state index in [9.17, 15) is 43.8 Å². The summed E-state index contributed by atoms with van der Waals surface area (Å²) in [4.78, 5) is 87.6. The van der Waals surface area contributed by atoms with Gasteiger partial charge in [0.2, 0.25) is 35.4 Å². The minimum absolute atomic E-state index is 0.00221. The van der Waals surface area contributed by atoms with Crippen LogP contribution in [0.1, 0.15) is 17.5 Å². The van der Waals surface area contributed by atoms with Crippen LogP contribution in [0.4, 0.5) is 0 Å². The average molecular weight is 706 g/mol. The van der Waals surface area contributed by atoms with E-state index >= 15 is 0 Å². The molecule has 0 aliphatic heterocycles. The average Bonchev–Trinajstić information content (AvgIpc) is 3.05. The molecule has 18 heteroatoms. The standard InChI is InChI=1S/C30H39N7O9S2/c31-19(14-47)26(41)35-21(11-17-6-8-18(38)9-7-17)28(43)36-20(10-16-4-2-1-3-5-16)27(42)33-13-25(40)34-22(12-24(32)39)29(44)37-23(15-48)30(45)46/h1-9,19-23,38,47-48H,10-15,31H2,(H2,32,39)(H,33,42)(H,34,40)(H,35,41)(H,36,43)(H,37,44)(H,45,46)/t19-,20-,21+,22-,23-/m0/s1. The third kappa shape index (κ3) is 13.5. The number of thiol groups is 2. The van der Waals surface area contributed by atoms with Crippen LogP contribution in [-0.2, 0) is 46.4 Å². The maximum atomic E-state index is 13.6. The van der Waals surface area contributed by atoms with E-state index in [1.165, 1.54) is 12.1 Å². The number of amides is 6. The Morgan fingerprint density at radius 3 is 1.73 bits per heavy atom. The number of hydrogen-bond acceptors (Lipinski definition) is 11. The second-order valence-corrected chi connectivity index (χ2v) is 11.3. The number of aliphatic carboxylic acids is 1. The Morgan fingerprint density at radius 2 is 1.19 bits per heavy atom. The number of benzene rings is 2. The number of carboxylic acid groups (broad SMARTS) is 1. The van der Waals surface area contributed by atoms with Crippen LogP contribution in [0.2, 0.25) is 0 Å². The molecule has 0 aliphatic carbocycles. The van der Waals surface area contributed by atoms with Gasteiger partial charge in [-0.05, 0) is 23.3 Å². The van der Waals surface area contributed by atoms with Gasteiger partial charge in [-0.3, -0.25) is 28.8 Å². The summed E-state index contributed by atoms with van der Waals surface area (Å²) < 4.78 is 0. The van der Waals surface area contributed by atoms with Crippen molar-refractivity contribution in [2.75, 3.05) is 18.1 Å². The SMILES string of the molecule is NC(=O)C[C@H](NC(=O)CNC(=O)[C@H](Cc1ccccc1)NC(=O)[C@@H](Cc1ccc(O)cc1)NC(=O)[C@@H](N)CS)C(=O)N[C@@H](CS)C(=O)O. The molecule has 0 fully saturated rings. The molecule has 0 spiro atoms. The van der Waals surface area contributed by atoms with Gasteiger partial charge in [-0.1, -0.05) is 42.5 Å². The molecule has 6 amide bonds. The number of nitrogens with one attached hydrogen (secondary N) is 5. The van der Waals surface area contributed by atoms with Crippen molar-refractivity contribution in [3.8, 4) is 5.75 Å². The first-order chi connectivity index (χ1) is 22.7. The van der Waals surface area contributed by atoms with Gasteiger partial charge in [-0.25, -0.2) is 4.79 Å². The highest BCUT2D eigenvalue weighted by atomic mass is 32.1. The summed E-state index contributed by atoms with van der Waals surface area (Å²) in [5.41, 5.74) is 12.2. The minimum atomic E-state index is -1.55. The smallest absolute Gasteiger partial charge is 0.327 e. The van der Waals surface area contributed by atoms with E-state index in [-0.39, 0.29) is 30.1 Å². The third-order valence-electron chi connectivity index (χ3n) is 6.74. The highest BCUT2D eigenvalue weighted by Gasteiger charge is 2.30. The molecule has 2 aromatic carbocycles. The summed E-state index contributed by atoms with van der Waals surface area (Å²) in [6.45, 7) is -0.706. The first-order valence-corrected chi connectivity index (χ1v) is 15.8. The number of hydrogen-bond donors (Lipinski definition) is 11. The fraction of sp³-hybridized carbons (Fsp3) is 0.367. The minimum Gasteiger partial charge on any atom is -0.508 e. The van der Waals surface area contributed by atoms with Crippen molar-refractivity contribution in [2.45, 2.75) is 49.5 Å². The number of aromatic hydroxyl groups is 1. The van der Waals surface area contributed by atoms with E-state index in [0.29, 0.717) is 11.1 Å². The van der Waals surface area contributed by atoms with Crippen molar-refractivity contribution in [3.63, 3.8) is 0 Å². The Labute approximate surface area is 287 Å². The summed E-state index contributed by atoms with van der Waals surface area (Å²) in [5.74, 6) is -6.80.